The topological polar surface area (TPSA) is 61.4 Å². The summed E-state index contributed by atoms with van der Waals surface area (Å²) in [6.45, 7) is 9.62. The SMILES string of the molecule is Cc1ncnc(C)c1C(=O)NCC[C@@H](C)N1CCC(N(Cc2ccsc2)c2ccc(Cl)cc2)CC1. The number of carbonyl (C=O) groups is 1. The number of aromatic nitrogens is 2. The van der Waals surface area contributed by atoms with Gasteiger partial charge in [-0.15, -0.1) is 0 Å². The van der Waals surface area contributed by atoms with Crippen LogP contribution in [-0.2, 0) is 6.54 Å². The molecule has 1 aliphatic heterocycles. The Bertz CT molecular complexity index is 1080. The lowest BCUT2D eigenvalue weighted by atomic mass is 9.99. The van der Waals surface area contributed by atoms with Gasteiger partial charge in [0.2, 0.25) is 0 Å². The van der Waals surface area contributed by atoms with Crippen molar-refractivity contribution in [1.29, 1.82) is 0 Å². The molecule has 0 aliphatic carbocycles. The summed E-state index contributed by atoms with van der Waals surface area (Å²) in [6.07, 6.45) is 4.64. The summed E-state index contributed by atoms with van der Waals surface area (Å²) in [5, 5.41) is 8.21. The maximum atomic E-state index is 12.6. The van der Waals surface area contributed by atoms with Crippen molar-refractivity contribution < 1.29 is 4.79 Å². The first-order valence-electron chi connectivity index (χ1n) is 12.3. The molecule has 1 aromatic carbocycles. The van der Waals surface area contributed by atoms with Crippen molar-refractivity contribution >= 4 is 34.5 Å². The maximum Gasteiger partial charge on any atom is 0.254 e. The Morgan fingerprint density at radius 1 is 1.17 bits per heavy atom. The first kappa shape index (κ1) is 25.6. The minimum Gasteiger partial charge on any atom is -0.364 e. The van der Waals surface area contributed by atoms with Crippen LogP contribution >= 0.6 is 22.9 Å². The average molecular weight is 512 g/mol. The summed E-state index contributed by atoms with van der Waals surface area (Å²) in [7, 11) is 0. The quantitative estimate of drug-likeness (QED) is 0.411. The number of carbonyl (C=O) groups excluding carboxylic acids is 1. The zero-order valence-corrected chi connectivity index (χ0v) is 22.3. The number of anilines is 1. The van der Waals surface area contributed by atoms with E-state index in [1.54, 1.807) is 11.3 Å². The van der Waals surface area contributed by atoms with Crippen molar-refractivity contribution in [1.82, 2.24) is 20.2 Å². The van der Waals surface area contributed by atoms with Gasteiger partial charge in [0.1, 0.15) is 6.33 Å². The number of amides is 1. The lowest BCUT2D eigenvalue weighted by Crippen LogP contribution is -2.48. The zero-order valence-electron chi connectivity index (χ0n) is 20.7. The first-order chi connectivity index (χ1) is 16.9. The third kappa shape index (κ3) is 6.60. The molecule has 4 rings (SSSR count). The van der Waals surface area contributed by atoms with Crippen molar-refractivity contribution in [2.45, 2.75) is 58.7 Å². The van der Waals surface area contributed by atoms with E-state index in [1.165, 1.54) is 17.6 Å². The van der Waals surface area contributed by atoms with Gasteiger partial charge in [0.05, 0.1) is 17.0 Å². The van der Waals surface area contributed by atoms with Gasteiger partial charge in [-0.2, -0.15) is 11.3 Å². The monoisotopic (exact) mass is 511 g/mol. The number of thiophene rings is 1. The van der Waals surface area contributed by atoms with Gasteiger partial charge in [-0.05, 0) is 86.7 Å². The molecule has 1 amide bonds. The molecule has 2 aromatic heterocycles. The molecule has 1 atom stereocenters. The van der Waals surface area contributed by atoms with Crippen LogP contribution in [0.2, 0.25) is 5.02 Å². The molecule has 0 unspecified atom stereocenters. The van der Waals surface area contributed by atoms with Crippen molar-refractivity contribution in [3.63, 3.8) is 0 Å². The summed E-state index contributed by atoms with van der Waals surface area (Å²) in [6, 6.07) is 11.3. The Morgan fingerprint density at radius 2 is 1.86 bits per heavy atom. The van der Waals surface area contributed by atoms with Crippen LogP contribution in [0, 0.1) is 13.8 Å². The second-order valence-corrected chi connectivity index (χ2v) is 10.5. The number of aryl methyl sites for hydroxylation is 2. The van der Waals surface area contributed by atoms with Crippen LogP contribution in [-0.4, -0.2) is 52.5 Å². The summed E-state index contributed by atoms with van der Waals surface area (Å²) >= 11 is 7.90. The standard InChI is InChI=1S/C27H34ClN5OS/c1-19(8-12-29-27(34)26-20(2)30-18-31-21(26)3)32-13-9-25(10-14-32)33(16-22-11-15-35-17-22)24-6-4-23(28)5-7-24/h4-7,11,15,17-19,25H,8-10,12-14,16H2,1-3H3,(H,29,34)/t19-/m1/s1. The molecular formula is C27H34ClN5OS. The van der Waals surface area contributed by atoms with Crippen LogP contribution in [0.15, 0.2) is 47.4 Å². The molecule has 3 aromatic rings. The van der Waals surface area contributed by atoms with Crippen LogP contribution < -0.4 is 10.2 Å². The molecular weight excluding hydrogens is 478 g/mol. The van der Waals surface area contributed by atoms with E-state index in [9.17, 15) is 4.79 Å². The van der Waals surface area contributed by atoms with E-state index in [0.29, 0.717) is 24.2 Å². The van der Waals surface area contributed by atoms with E-state index in [1.807, 2.05) is 26.0 Å². The highest BCUT2D eigenvalue weighted by atomic mass is 35.5. The summed E-state index contributed by atoms with van der Waals surface area (Å²) in [5.74, 6) is -0.0847. The molecule has 1 fully saturated rings. The highest BCUT2D eigenvalue weighted by Crippen LogP contribution is 2.28. The maximum absolute atomic E-state index is 12.6. The van der Waals surface area contributed by atoms with Crippen LogP contribution in [0.1, 0.15) is 53.5 Å². The van der Waals surface area contributed by atoms with Crippen molar-refractivity contribution in [3.05, 3.63) is 75.0 Å². The number of piperidine rings is 1. The van der Waals surface area contributed by atoms with E-state index in [0.717, 1.165) is 55.3 Å². The van der Waals surface area contributed by atoms with Crippen LogP contribution in [0.4, 0.5) is 5.69 Å². The Balaban J connectivity index is 1.30. The Kier molecular flexibility index (Phi) is 8.76. The molecule has 1 aliphatic rings. The number of halogens is 1. The normalized spacial score (nSPS) is 15.7. The van der Waals surface area contributed by atoms with E-state index in [-0.39, 0.29) is 5.91 Å². The lowest BCUT2D eigenvalue weighted by molar-refractivity contribution is 0.0943. The minimum absolute atomic E-state index is 0.0847. The van der Waals surface area contributed by atoms with E-state index >= 15 is 0 Å². The molecule has 1 saturated heterocycles. The highest BCUT2D eigenvalue weighted by Gasteiger charge is 2.27. The number of nitrogens with one attached hydrogen (secondary N) is 1. The first-order valence-corrected chi connectivity index (χ1v) is 13.6. The van der Waals surface area contributed by atoms with Gasteiger partial charge in [0.25, 0.3) is 5.91 Å². The van der Waals surface area contributed by atoms with E-state index < -0.39 is 0 Å². The average Bonchev–Trinajstić information content (AvgIpc) is 3.37. The van der Waals surface area contributed by atoms with Crippen molar-refractivity contribution in [2.75, 3.05) is 24.5 Å². The van der Waals surface area contributed by atoms with Crippen molar-refractivity contribution in [2.24, 2.45) is 0 Å². The molecule has 0 saturated carbocycles. The van der Waals surface area contributed by atoms with E-state index in [2.05, 4.69) is 61.0 Å². The lowest BCUT2D eigenvalue weighted by Gasteiger charge is -2.42. The van der Waals surface area contributed by atoms with Gasteiger partial charge in [-0.1, -0.05) is 11.6 Å². The molecule has 6 nitrogen and oxygen atoms in total. The van der Waals surface area contributed by atoms with Gasteiger partial charge in [-0.3, -0.25) is 4.79 Å². The summed E-state index contributed by atoms with van der Waals surface area (Å²) in [4.78, 5) is 26.0. The largest absolute Gasteiger partial charge is 0.364 e. The summed E-state index contributed by atoms with van der Waals surface area (Å²) < 4.78 is 0. The van der Waals surface area contributed by atoms with Gasteiger partial charge < -0.3 is 15.1 Å². The molecule has 35 heavy (non-hydrogen) atoms. The molecule has 0 spiro atoms. The van der Waals surface area contributed by atoms with Crippen LogP contribution in [0.5, 0.6) is 0 Å². The van der Waals surface area contributed by atoms with Gasteiger partial charge in [0.15, 0.2) is 0 Å². The van der Waals surface area contributed by atoms with Crippen LogP contribution in [0.25, 0.3) is 0 Å². The molecule has 0 bridgehead atoms. The summed E-state index contributed by atoms with van der Waals surface area (Å²) in [5.41, 5.74) is 4.61. The molecule has 1 N–H and O–H groups in total. The predicted octanol–water partition coefficient (Wildman–Crippen LogP) is 5.49. The Labute approximate surface area is 217 Å². The Hall–Kier alpha value is -2.48. The van der Waals surface area contributed by atoms with Gasteiger partial charge >= 0.3 is 0 Å². The number of hydrogen-bond donors (Lipinski definition) is 1. The smallest absolute Gasteiger partial charge is 0.254 e. The second kappa shape index (κ2) is 12.0. The molecule has 186 valence electrons. The minimum atomic E-state index is -0.0847. The van der Waals surface area contributed by atoms with Gasteiger partial charge in [0, 0.05) is 49.0 Å². The second-order valence-electron chi connectivity index (χ2n) is 9.32. The number of nitrogens with zero attached hydrogens (tertiary/aromatic N) is 4. The number of benzene rings is 1. The number of rotatable bonds is 9. The Morgan fingerprint density at radius 3 is 2.49 bits per heavy atom. The molecule has 8 heteroatoms. The molecule has 0 radical (unpaired) electrons. The molecule has 3 heterocycles. The third-order valence-electron chi connectivity index (χ3n) is 6.96. The highest BCUT2D eigenvalue weighted by molar-refractivity contribution is 7.07. The zero-order chi connectivity index (χ0) is 24.8. The predicted molar refractivity (Wildman–Crippen MR) is 144 cm³/mol. The van der Waals surface area contributed by atoms with Gasteiger partial charge in [-0.25, -0.2) is 9.97 Å². The van der Waals surface area contributed by atoms with E-state index in [4.69, 9.17) is 11.6 Å². The fraction of sp³-hybridized carbons (Fsp3) is 0.444. The van der Waals surface area contributed by atoms with Crippen LogP contribution in [0.3, 0.4) is 0 Å². The third-order valence-corrected chi connectivity index (χ3v) is 7.94. The number of hydrogen-bond acceptors (Lipinski definition) is 6. The number of likely N-dealkylation sites (tertiary alicyclic amines) is 1. The van der Waals surface area contributed by atoms with Crippen molar-refractivity contribution in [3.8, 4) is 0 Å². The fourth-order valence-corrected chi connectivity index (χ4v) is 5.65. The fourth-order valence-electron chi connectivity index (χ4n) is 4.87.